The minimum absolute atomic E-state index is 0.0150. The number of allylic oxidation sites excluding steroid dienone is 4. The molecule has 4 fully saturated rings. The van der Waals surface area contributed by atoms with E-state index in [1.54, 1.807) is 13.8 Å². The van der Waals surface area contributed by atoms with Crippen LogP contribution >= 0.6 is 0 Å². The topological polar surface area (TPSA) is 99.1 Å². The normalized spacial score (nSPS) is 44.9. The molecule has 5 aliphatic rings. The van der Waals surface area contributed by atoms with Gasteiger partial charge >= 0.3 is 12.1 Å². The summed E-state index contributed by atoms with van der Waals surface area (Å²) in [6, 6.07) is 0. The first kappa shape index (κ1) is 29.1. The number of hydrogen-bond donors (Lipinski definition) is 1. The summed E-state index contributed by atoms with van der Waals surface area (Å²) in [4.78, 5) is 38.8. The highest BCUT2D eigenvalue weighted by Crippen LogP contribution is 2.71. The molecule has 0 spiro atoms. The summed E-state index contributed by atoms with van der Waals surface area (Å²) in [7, 11) is 0. The molecule has 0 aliphatic heterocycles. The average molecular weight is 569 g/mol. The molecule has 0 amide bonds. The van der Waals surface area contributed by atoms with Gasteiger partial charge in [-0.25, -0.2) is 22.8 Å². The average Bonchev–Trinajstić information content (AvgIpc) is 3.04. The fraction of sp³-hybridized carbons (Fsp3) is 0.767. The van der Waals surface area contributed by atoms with Crippen LogP contribution in [0.15, 0.2) is 23.8 Å². The van der Waals surface area contributed by atoms with Gasteiger partial charge in [-0.1, -0.05) is 32.8 Å². The number of aliphatic hydroxyl groups is 1. The van der Waals surface area contributed by atoms with Crippen LogP contribution in [0.1, 0.15) is 78.6 Å². The largest absolute Gasteiger partial charge is 0.509 e. The number of hydrogen-bond acceptors (Lipinski definition) is 7. The maximum Gasteiger partial charge on any atom is 0.509 e. The second kappa shape index (κ2) is 10.2. The number of halogens is 3. The maximum atomic E-state index is 17.4. The number of aliphatic hydroxyl groups excluding tert-OH is 1. The van der Waals surface area contributed by atoms with Crippen molar-refractivity contribution >= 4 is 17.9 Å². The number of rotatable bonds is 4. The molecule has 0 aromatic carbocycles. The fourth-order valence-corrected chi connectivity index (χ4v) is 9.03. The van der Waals surface area contributed by atoms with Crippen LogP contribution in [0.3, 0.4) is 0 Å². The Morgan fingerprint density at radius 1 is 1.10 bits per heavy atom. The third-order valence-electron chi connectivity index (χ3n) is 11.0. The summed E-state index contributed by atoms with van der Waals surface area (Å²) >= 11 is 0. The molecule has 0 heterocycles. The number of carbonyl (C=O) groups excluding carboxylic acids is 3. The number of ketones is 1. The van der Waals surface area contributed by atoms with Gasteiger partial charge in [0.1, 0.15) is 12.3 Å². The van der Waals surface area contributed by atoms with E-state index >= 15 is 8.78 Å². The van der Waals surface area contributed by atoms with E-state index in [-0.39, 0.29) is 24.8 Å². The van der Waals surface area contributed by atoms with Gasteiger partial charge in [0.2, 0.25) is 12.5 Å². The van der Waals surface area contributed by atoms with Crippen LogP contribution in [0.4, 0.5) is 18.0 Å². The Kier molecular flexibility index (Phi) is 7.41. The maximum absolute atomic E-state index is 17.4. The van der Waals surface area contributed by atoms with E-state index in [0.717, 1.165) is 31.8 Å². The van der Waals surface area contributed by atoms with E-state index in [9.17, 15) is 23.9 Å². The van der Waals surface area contributed by atoms with Crippen LogP contribution in [0.25, 0.3) is 0 Å². The first-order valence-corrected chi connectivity index (χ1v) is 14.4. The molecular formula is C30H39F3O7. The molecule has 0 saturated heterocycles. The van der Waals surface area contributed by atoms with Crippen LogP contribution in [0.2, 0.25) is 0 Å². The van der Waals surface area contributed by atoms with Gasteiger partial charge in [0.15, 0.2) is 11.5 Å². The smallest absolute Gasteiger partial charge is 0.431 e. The quantitative estimate of drug-likeness (QED) is 0.346. The van der Waals surface area contributed by atoms with Crippen molar-refractivity contribution in [3.63, 3.8) is 0 Å². The summed E-state index contributed by atoms with van der Waals surface area (Å²) in [5, 5.41) is 11.5. The Bertz CT molecular complexity index is 1120. The highest BCUT2D eigenvalue weighted by molar-refractivity contribution is 6.01. The molecule has 4 saturated carbocycles. The molecule has 5 aliphatic carbocycles. The first-order valence-electron chi connectivity index (χ1n) is 14.4. The molecule has 0 radical (unpaired) electrons. The molecule has 0 aromatic heterocycles. The van der Waals surface area contributed by atoms with Gasteiger partial charge in [-0.15, -0.1) is 0 Å². The lowest BCUT2D eigenvalue weighted by atomic mass is 9.44. The molecule has 1 unspecified atom stereocenters. The predicted octanol–water partition coefficient (Wildman–Crippen LogP) is 5.64. The minimum Gasteiger partial charge on any atom is -0.431 e. The zero-order valence-corrected chi connectivity index (χ0v) is 23.3. The SMILES string of the molecule is C[C@@H]1C[C@H]2[C@@H]3C[C@H](F)C4=CC(=O)C=CC4(C)[C@@]3(F)[C@@H](O)C[C@]2(C)[C@@]1(OC(=O)OC1CCCCCC1)C(=O)OCF. The van der Waals surface area contributed by atoms with E-state index in [2.05, 4.69) is 0 Å². The minimum atomic E-state index is -2.37. The summed E-state index contributed by atoms with van der Waals surface area (Å²) in [6.07, 6.45) is 3.35. The molecule has 9 atom stereocenters. The lowest BCUT2D eigenvalue weighted by Crippen LogP contribution is -2.71. The molecule has 222 valence electrons. The second-order valence-corrected chi connectivity index (χ2v) is 12.9. The van der Waals surface area contributed by atoms with Gasteiger partial charge in [-0.05, 0) is 75.5 Å². The van der Waals surface area contributed by atoms with Crippen molar-refractivity contribution in [1.29, 1.82) is 0 Å². The van der Waals surface area contributed by atoms with Crippen molar-refractivity contribution < 1.29 is 46.9 Å². The molecule has 5 rings (SSSR count). The molecular weight excluding hydrogens is 529 g/mol. The highest BCUT2D eigenvalue weighted by atomic mass is 19.1. The second-order valence-electron chi connectivity index (χ2n) is 12.9. The Balaban J connectivity index is 1.54. The van der Waals surface area contributed by atoms with Crippen molar-refractivity contribution in [2.24, 2.45) is 28.6 Å². The lowest BCUT2D eigenvalue weighted by Gasteiger charge is -2.62. The number of alkyl halides is 3. The number of carbonyl (C=O) groups is 3. The van der Waals surface area contributed by atoms with Crippen molar-refractivity contribution in [2.45, 2.75) is 108 Å². The van der Waals surface area contributed by atoms with E-state index in [0.29, 0.717) is 12.8 Å². The van der Waals surface area contributed by atoms with Crippen molar-refractivity contribution in [3.8, 4) is 0 Å². The van der Waals surface area contributed by atoms with Crippen LogP contribution in [0.5, 0.6) is 0 Å². The Labute approximate surface area is 232 Å². The number of esters is 1. The third-order valence-corrected chi connectivity index (χ3v) is 11.0. The van der Waals surface area contributed by atoms with Crippen molar-refractivity contribution in [3.05, 3.63) is 23.8 Å². The molecule has 0 aromatic rings. The van der Waals surface area contributed by atoms with Crippen LogP contribution in [-0.2, 0) is 23.8 Å². The van der Waals surface area contributed by atoms with Crippen molar-refractivity contribution in [1.82, 2.24) is 0 Å². The Hall–Kier alpha value is -2.36. The lowest BCUT2D eigenvalue weighted by molar-refractivity contribution is -0.235. The molecule has 1 N–H and O–H groups in total. The summed E-state index contributed by atoms with van der Waals surface area (Å²) in [5.74, 6) is -4.19. The standard InChI is InChI=1S/C30H39F3O7/c1-17-12-20-21-14-23(32)22-13-18(34)10-11-27(22,2)29(21,33)24(35)15-28(20,3)30(17,25(36)38-16-31)40-26(37)39-19-8-6-4-5-7-9-19/h10-11,13,17,19-21,23-24,35H,4-9,12,14-16H2,1-3H3/t17-,20+,21+,23+,24+,27?,28+,29+,30+/m1/s1. The third kappa shape index (κ3) is 3.98. The van der Waals surface area contributed by atoms with E-state index in [1.807, 2.05) is 0 Å². The van der Waals surface area contributed by atoms with Crippen LogP contribution in [-0.4, -0.2) is 59.5 Å². The summed E-state index contributed by atoms with van der Waals surface area (Å²) in [5.41, 5.74) is -7.50. The zero-order valence-electron chi connectivity index (χ0n) is 23.3. The number of fused-ring (bicyclic) bond motifs is 5. The van der Waals surface area contributed by atoms with Gasteiger partial charge in [-0.3, -0.25) is 4.79 Å². The van der Waals surface area contributed by atoms with Gasteiger partial charge in [0.25, 0.3) is 0 Å². The monoisotopic (exact) mass is 568 g/mol. The van der Waals surface area contributed by atoms with Gasteiger partial charge in [-0.2, -0.15) is 0 Å². The van der Waals surface area contributed by atoms with Crippen LogP contribution < -0.4 is 0 Å². The molecule has 10 heteroatoms. The zero-order chi connectivity index (χ0) is 29.1. The molecule has 40 heavy (non-hydrogen) atoms. The van der Waals surface area contributed by atoms with Gasteiger partial charge < -0.3 is 19.3 Å². The number of ether oxygens (including phenoxy) is 3. The van der Waals surface area contributed by atoms with Gasteiger partial charge in [0, 0.05) is 22.7 Å². The van der Waals surface area contributed by atoms with E-state index < -0.39 is 83.0 Å². The van der Waals surface area contributed by atoms with Crippen molar-refractivity contribution in [2.75, 3.05) is 6.86 Å². The summed E-state index contributed by atoms with van der Waals surface area (Å²) < 4.78 is 62.9. The van der Waals surface area contributed by atoms with E-state index in [1.165, 1.54) is 19.1 Å². The molecule has 7 nitrogen and oxygen atoms in total. The summed E-state index contributed by atoms with van der Waals surface area (Å²) in [6.45, 7) is 3.25. The fourth-order valence-electron chi connectivity index (χ4n) is 9.03. The Morgan fingerprint density at radius 3 is 2.42 bits per heavy atom. The molecule has 0 bridgehead atoms. The van der Waals surface area contributed by atoms with E-state index in [4.69, 9.17) is 14.2 Å². The first-order chi connectivity index (χ1) is 18.8. The Morgan fingerprint density at radius 2 is 1.77 bits per heavy atom. The van der Waals surface area contributed by atoms with Gasteiger partial charge in [0.05, 0.1) is 6.10 Å². The predicted molar refractivity (Wildman–Crippen MR) is 137 cm³/mol. The van der Waals surface area contributed by atoms with Crippen LogP contribution in [0, 0.1) is 28.6 Å². The highest BCUT2D eigenvalue weighted by Gasteiger charge is 2.79.